The molecule has 3 aromatic heterocycles. The summed E-state index contributed by atoms with van der Waals surface area (Å²) in [4.78, 5) is 11.8. The lowest BCUT2D eigenvalue weighted by atomic mass is 9.91. The van der Waals surface area contributed by atoms with Crippen LogP contribution in [0.25, 0.3) is 33.3 Å². The molecule has 9 nitrogen and oxygen atoms in total. The molecule has 0 saturated carbocycles. The van der Waals surface area contributed by atoms with Crippen LogP contribution in [0.15, 0.2) is 67.0 Å². The molecule has 45 heavy (non-hydrogen) atoms. The smallest absolute Gasteiger partial charge is 0.156 e. The van der Waals surface area contributed by atoms with E-state index >= 15 is 0 Å². The summed E-state index contributed by atoms with van der Waals surface area (Å²) in [6.07, 6.45) is 6.48. The predicted molar refractivity (Wildman–Crippen MR) is 178 cm³/mol. The lowest BCUT2D eigenvalue weighted by Crippen LogP contribution is -2.29. The van der Waals surface area contributed by atoms with E-state index in [4.69, 9.17) is 10.1 Å². The molecule has 2 aliphatic rings. The fourth-order valence-corrected chi connectivity index (χ4v) is 6.95. The number of rotatable bonds is 9. The van der Waals surface area contributed by atoms with E-state index < -0.39 is 0 Å². The Kier molecular flexibility index (Phi) is 8.33. The van der Waals surface area contributed by atoms with Gasteiger partial charge in [-0.05, 0) is 85.2 Å². The highest BCUT2D eigenvalue weighted by atomic mass is 16.3. The van der Waals surface area contributed by atoms with Crippen LogP contribution in [0, 0.1) is 13.8 Å². The summed E-state index contributed by atoms with van der Waals surface area (Å²) < 4.78 is 2.13. The van der Waals surface area contributed by atoms with Crippen molar-refractivity contribution >= 4 is 22.4 Å². The minimum atomic E-state index is -0.229. The molecule has 1 fully saturated rings. The van der Waals surface area contributed by atoms with Gasteiger partial charge in [0.25, 0.3) is 0 Å². The average molecular weight is 604 g/mol. The predicted octanol–water partition coefficient (Wildman–Crippen LogP) is 5.50. The minimum Gasteiger partial charge on any atom is -0.395 e. The van der Waals surface area contributed by atoms with Crippen LogP contribution in [-0.4, -0.2) is 67.2 Å². The van der Waals surface area contributed by atoms with Gasteiger partial charge in [-0.2, -0.15) is 5.10 Å². The molecule has 232 valence electrons. The SMILES string of the molecule is Cc1c(Nc2nccc3cc(CN4CC[C@@H](O)C4)cnc23)cccc1-c1cccc(-c2cc3n(n2)CCCC3NCCO)c1C. The van der Waals surface area contributed by atoms with Gasteiger partial charge < -0.3 is 20.8 Å². The number of anilines is 2. The Balaban J connectivity index is 1.17. The number of pyridine rings is 2. The lowest BCUT2D eigenvalue weighted by Gasteiger charge is -2.24. The number of hydrogen-bond donors (Lipinski definition) is 4. The number of β-amino-alcohol motifs (C(OH)–C–C–N with tert-alkyl or cyclic N) is 1. The number of benzene rings is 2. The number of aliphatic hydroxyl groups is 2. The van der Waals surface area contributed by atoms with E-state index in [1.807, 2.05) is 18.5 Å². The summed E-state index contributed by atoms with van der Waals surface area (Å²) in [7, 11) is 0. The van der Waals surface area contributed by atoms with Crippen LogP contribution in [0.3, 0.4) is 0 Å². The molecule has 2 atom stereocenters. The highest BCUT2D eigenvalue weighted by Gasteiger charge is 2.24. The largest absolute Gasteiger partial charge is 0.395 e. The molecule has 0 aliphatic carbocycles. The molecule has 2 aromatic carbocycles. The molecule has 4 N–H and O–H groups in total. The Morgan fingerprint density at radius 1 is 0.933 bits per heavy atom. The second-order valence-electron chi connectivity index (χ2n) is 12.4. The number of likely N-dealkylation sites (tertiary alicyclic amines) is 1. The maximum atomic E-state index is 9.90. The van der Waals surface area contributed by atoms with Crippen molar-refractivity contribution in [3.63, 3.8) is 0 Å². The molecule has 7 rings (SSSR count). The molecule has 0 spiro atoms. The van der Waals surface area contributed by atoms with Crippen molar-refractivity contribution in [3.05, 3.63) is 89.4 Å². The molecule has 9 heteroatoms. The van der Waals surface area contributed by atoms with Gasteiger partial charge in [0.1, 0.15) is 5.52 Å². The quantitative estimate of drug-likeness (QED) is 0.175. The van der Waals surface area contributed by atoms with Gasteiger partial charge in [0.05, 0.1) is 24.1 Å². The second-order valence-corrected chi connectivity index (χ2v) is 12.4. The number of aromatic nitrogens is 4. The lowest BCUT2D eigenvalue weighted by molar-refractivity contribution is 0.175. The van der Waals surface area contributed by atoms with E-state index in [0.29, 0.717) is 13.1 Å². The highest BCUT2D eigenvalue weighted by Crippen LogP contribution is 2.37. The van der Waals surface area contributed by atoms with Crippen LogP contribution in [0.4, 0.5) is 11.5 Å². The van der Waals surface area contributed by atoms with Crippen molar-refractivity contribution in [1.29, 1.82) is 0 Å². The molecule has 2 aliphatic heterocycles. The average Bonchev–Trinajstić information content (AvgIpc) is 3.67. The maximum absolute atomic E-state index is 9.90. The third kappa shape index (κ3) is 5.96. The number of nitrogens with zero attached hydrogens (tertiary/aromatic N) is 5. The van der Waals surface area contributed by atoms with Gasteiger partial charge in [-0.1, -0.05) is 30.3 Å². The van der Waals surface area contributed by atoms with E-state index in [9.17, 15) is 10.2 Å². The molecular weight excluding hydrogens is 562 g/mol. The minimum absolute atomic E-state index is 0.130. The van der Waals surface area contributed by atoms with E-state index in [-0.39, 0.29) is 18.8 Å². The number of aryl methyl sites for hydroxylation is 1. The van der Waals surface area contributed by atoms with E-state index in [1.54, 1.807) is 0 Å². The monoisotopic (exact) mass is 603 g/mol. The Bertz CT molecular complexity index is 1830. The van der Waals surface area contributed by atoms with Gasteiger partial charge in [-0.15, -0.1) is 0 Å². The summed E-state index contributed by atoms with van der Waals surface area (Å²) >= 11 is 0. The zero-order valence-corrected chi connectivity index (χ0v) is 26.0. The topological polar surface area (TPSA) is 111 Å². The normalized spacial score (nSPS) is 18.4. The van der Waals surface area contributed by atoms with Crippen LogP contribution >= 0.6 is 0 Å². The van der Waals surface area contributed by atoms with Crippen LogP contribution in [-0.2, 0) is 13.1 Å². The molecule has 5 aromatic rings. The number of aliphatic hydroxyl groups excluding tert-OH is 2. The van der Waals surface area contributed by atoms with Crippen molar-refractivity contribution in [2.24, 2.45) is 0 Å². The first-order chi connectivity index (χ1) is 22.0. The van der Waals surface area contributed by atoms with Gasteiger partial charge in [0.15, 0.2) is 5.82 Å². The molecule has 0 radical (unpaired) electrons. The summed E-state index contributed by atoms with van der Waals surface area (Å²) in [6.45, 7) is 8.37. The Hall–Kier alpha value is -4.15. The van der Waals surface area contributed by atoms with Crippen molar-refractivity contribution in [3.8, 4) is 22.4 Å². The Morgan fingerprint density at radius 3 is 2.58 bits per heavy atom. The summed E-state index contributed by atoms with van der Waals surface area (Å²) in [6, 6.07) is 19.4. The second kappa shape index (κ2) is 12.7. The molecule has 1 unspecified atom stereocenters. The molecule has 1 saturated heterocycles. The van der Waals surface area contributed by atoms with Gasteiger partial charge in [0.2, 0.25) is 0 Å². The number of hydrogen-bond acceptors (Lipinski definition) is 8. The van der Waals surface area contributed by atoms with Crippen LogP contribution in [0.5, 0.6) is 0 Å². The maximum Gasteiger partial charge on any atom is 0.156 e. The summed E-state index contributed by atoms with van der Waals surface area (Å²) in [5.74, 6) is 0.731. The molecule has 0 bridgehead atoms. The van der Waals surface area contributed by atoms with E-state index in [0.717, 1.165) is 89.3 Å². The van der Waals surface area contributed by atoms with Gasteiger partial charge in [-0.25, -0.2) is 4.98 Å². The van der Waals surface area contributed by atoms with Crippen molar-refractivity contribution in [1.82, 2.24) is 30.0 Å². The summed E-state index contributed by atoms with van der Waals surface area (Å²) in [5, 5.41) is 32.3. The Morgan fingerprint density at radius 2 is 1.76 bits per heavy atom. The van der Waals surface area contributed by atoms with Gasteiger partial charge >= 0.3 is 0 Å². The summed E-state index contributed by atoms with van der Waals surface area (Å²) in [5.41, 5.74) is 10.9. The van der Waals surface area contributed by atoms with Crippen molar-refractivity contribution < 1.29 is 10.2 Å². The van der Waals surface area contributed by atoms with E-state index in [1.165, 1.54) is 16.8 Å². The Labute approximate surface area is 264 Å². The van der Waals surface area contributed by atoms with Gasteiger partial charge in [0, 0.05) is 67.8 Å². The first-order valence-corrected chi connectivity index (χ1v) is 16.0. The van der Waals surface area contributed by atoms with Gasteiger partial charge in [-0.3, -0.25) is 14.6 Å². The zero-order chi connectivity index (χ0) is 30.9. The third-order valence-corrected chi connectivity index (χ3v) is 9.33. The van der Waals surface area contributed by atoms with Crippen LogP contribution < -0.4 is 10.6 Å². The molecule has 5 heterocycles. The third-order valence-electron chi connectivity index (χ3n) is 9.33. The molecular formula is C36H41N7O2. The van der Waals surface area contributed by atoms with Crippen molar-refractivity contribution in [2.45, 2.75) is 58.3 Å². The molecule has 0 amide bonds. The first-order valence-electron chi connectivity index (χ1n) is 16.0. The van der Waals surface area contributed by atoms with Crippen molar-refractivity contribution in [2.75, 3.05) is 31.6 Å². The zero-order valence-electron chi connectivity index (χ0n) is 26.0. The highest BCUT2D eigenvalue weighted by molar-refractivity contribution is 5.91. The number of nitrogens with one attached hydrogen (secondary N) is 2. The number of fused-ring (bicyclic) bond motifs is 2. The standard InChI is InChI=1S/C36H41N7O2/c1-23-28(6-3-8-30(23)33-19-34-32(37-14-17-44)10-5-15-43(34)41-33)29-7-4-9-31(24(29)2)40-36-35-26(11-13-38-36)18-25(20-39-35)21-42-16-12-27(45)22-42/h3-4,6-9,11,13,18-20,27,32,37,44-45H,5,10,12,14-17,21-22H2,1-2H3,(H,38,40)/t27-,32?/m1/s1. The fourth-order valence-electron chi connectivity index (χ4n) is 6.95. The van der Waals surface area contributed by atoms with Crippen LogP contribution in [0.2, 0.25) is 0 Å². The first kappa shape index (κ1) is 29.6. The fraction of sp³-hybridized carbons (Fsp3) is 0.361. The van der Waals surface area contributed by atoms with Crippen LogP contribution in [0.1, 0.15) is 47.7 Å². The van der Waals surface area contributed by atoms with E-state index in [2.05, 4.69) is 87.6 Å².